The molecule has 6 nitrogen and oxygen atoms in total. The highest BCUT2D eigenvalue weighted by Gasteiger charge is 2.12. The Bertz CT molecular complexity index is 434. The molecule has 4 N–H and O–H groups in total. The normalized spacial score (nSPS) is 10.2. The van der Waals surface area contributed by atoms with Crippen molar-refractivity contribution in [3.05, 3.63) is 29.8 Å². The average Bonchev–Trinajstić information content (AvgIpc) is 2.25. The van der Waals surface area contributed by atoms with Crippen LogP contribution in [0.2, 0.25) is 0 Å². The number of hydrogen-bond acceptors (Lipinski definition) is 4. The molecule has 6 heteroatoms. The molecule has 0 unspecified atom stereocenters. The van der Waals surface area contributed by atoms with Crippen molar-refractivity contribution in [2.75, 3.05) is 0 Å². The van der Waals surface area contributed by atoms with E-state index in [-0.39, 0.29) is 12.2 Å². The summed E-state index contributed by atoms with van der Waals surface area (Å²) in [4.78, 5) is 20.2. The maximum atomic E-state index is 10.2. The van der Waals surface area contributed by atoms with Crippen molar-refractivity contribution >= 4 is 12.1 Å². The van der Waals surface area contributed by atoms with Crippen molar-refractivity contribution in [1.29, 1.82) is 0 Å². The lowest BCUT2D eigenvalue weighted by molar-refractivity contribution is -0.136. The fourth-order valence-corrected chi connectivity index (χ4v) is 1.22. The Kier molecular flexibility index (Phi) is 7.14. The third-order valence-electron chi connectivity index (χ3n) is 1.97. The first-order valence-corrected chi connectivity index (χ1v) is 6.08. The zero-order chi connectivity index (χ0) is 15.8. The number of rotatable bonds is 3. The molecule has 20 heavy (non-hydrogen) atoms. The number of aromatic hydroxyl groups is 1. The van der Waals surface area contributed by atoms with Crippen molar-refractivity contribution in [3.63, 3.8) is 0 Å². The summed E-state index contributed by atoms with van der Waals surface area (Å²) in [6.07, 6.45) is -0.0853. The minimum absolute atomic E-state index is 0.130. The summed E-state index contributed by atoms with van der Waals surface area (Å²) in [7, 11) is 0. The first-order valence-electron chi connectivity index (χ1n) is 6.08. The van der Waals surface area contributed by atoms with E-state index < -0.39 is 17.7 Å². The van der Waals surface area contributed by atoms with E-state index in [0.717, 1.165) is 5.56 Å². The van der Waals surface area contributed by atoms with Gasteiger partial charge in [0, 0.05) is 6.42 Å². The summed E-state index contributed by atoms with van der Waals surface area (Å²) in [5.41, 5.74) is 5.19. The summed E-state index contributed by atoms with van der Waals surface area (Å²) in [5.74, 6) is -0.600. The number of benzene rings is 1. The summed E-state index contributed by atoms with van der Waals surface area (Å²) in [5, 5.41) is 17.3. The molecule has 0 fully saturated rings. The number of ether oxygens (including phenoxy) is 1. The SMILES string of the molecule is CC(C)(C)OC(N)=O.O=C(O)CCc1ccc(O)cc1. The molecule has 1 aromatic rings. The van der Waals surface area contributed by atoms with E-state index in [1.807, 2.05) is 0 Å². The third kappa shape index (κ3) is 10.9. The topological polar surface area (TPSA) is 110 Å². The Hall–Kier alpha value is -2.24. The van der Waals surface area contributed by atoms with Crippen LogP contribution in [0.3, 0.4) is 0 Å². The number of carboxylic acids is 1. The number of hydrogen-bond donors (Lipinski definition) is 3. The van der Waals surface area contributed by atoms with Crippen LogP contribution in [0.25, 0.3) is 0 Å². The van der Waals surface area contributed by atoms with Gasteiger partial charge in [0.2, 0.25) is 0 Å². The summed E-state index contributed by atoms with van der Waals surface area (Å²) in [6.45, 7) is 5.28. The Labute approximate surface area is 118 Å². The average molecular weight is 283 g/mol. The number of aryl methyl sites for hydroxylation is 1. The molecule has 0 aromatic heterocycles. The van der Waals surface area contributed by atoms with Crippen LogP contribution in [0.15, 0.2) is 24.3 Å². The highest BCUT2D eigenvalue weighted by molar-refractivity contribution is 5.67. The van der Waals surface area contributed by atoms with Gasteiger partial charge in [-0.25, -0.2) is 4.79 Å². The number of phenolic OH excluding ortho intramolecular Hbond substituents is 1. The third-order valence-corrected chi connectivity index (χ3v) is 1.97. The monoisotopic (exact) mass is 283 g/mol. The number of amides is 1. The van der Waals surface area contributed by atoms with Gasteiger partial charge in [0.05, 0.1) is 0 Å². The lowest BCUT2D eigenvalue weighted by atomic mass is 10.1. The first-order chi connectivity index (χ1) is 9.10. The molecule has 0 saturated carbocycles. The second-order valence-electron chi connectivity index (χ2n) is 5.09. The highest BCUT2D eigenvalue weighted by Crippen LogP contribution is 2.10. The summed E-state index contributed by atoms with van der Waals surface area (Å²) >= 11 is 0. The van der Waals surface area contributed by atoms with Crippen LogP contribution in [-0.2, 0) is 16.0 Å². The molecule has 1 amide bonds. The van der Waals surface area contributed by atoms with E-state index in [9.17, 15) is 9.59 Å². The number of carbonyl (C=O) groups excluding carboxylic acids is 1. The van der Waals surface area contributed by atoms with Crippen LogP contribution < -0.4 is 5.73 Å². The van der Waals surface area contributed by atoms with Crippen molar-refractivity contribution in [2.45, 2.75) is 39.2 Å². The molecule has 1 rings (SSSR count). The van der Waals surface area contributed by atoms with Crippen LogP contribution in [0.1, 0.15) is 32.8 Å². The number of aliphatic carboxylic acids is 1. The smallest absolute Gasteiger partial charge is 0.405 e. The van der Waals surface area contributed by atoms with Gasteiger partial charge in [0.15, 0.2) is 0 Å². The number of nitrogens with two attached hydrogens (primary N) is 1. The van der Waals surface area contributed by atoms with Crippen LogP contribution in [0, 0.1) is 0 Å². The predicted molar refractivity (Wildman–Crippen MR) is 74.5 cm³/mol. The van der Waals surface area contributed by atoms with Crippen molar-refractivity contribution in [2.24, 2.45) is 5.73 Å². The Morgan fingerprint density at radius 3 is 2.00 bits per heavy atom. The fraction of sp³-hybridized carbons (Fsp3) is 0.429. The van der Waals surface area contributed by atoms with Gasteiger partial charge < -0.3 is 20.7 Å². The molecule has 112 valence electrons. The number of carboxylic acid groups (broad SMARTS) is 1. The van der Waals surface area contributed by atoms with E-state index >= 15 is 0 Å². The number of carbonyl (C=O) groups is 2. The maximum Gasteiger partial charge on any atom is 0.405 e. The molecule has 0 aliphatic rings. The molecule has 1 aromatic carbocycles. The van der Waals surface area contributed by atoms with Crippen LogP contribution in [0.5, 0.6) is 5.75 Å². The minimum atomic E-state index is -0.803. The van der Waals surface area contributed by atoms with Gasteiger partial charge in [-0.2, -0.15) is 0 Å². The molecular formula is C14H21NO5. The number of primary amides is 1. The van der Waals surface area contributed by atoms with E-state index in [1.165, 1.54) is 0 Å². The first kappa shape index (κ1) is 17.8. The Balaban J connectivity index is 0.000000396. The van der Waals surface area contributed by atoms with Gasteiger partial charge in [-0.05, 0) is 44.9 Å². The van der Waals surface area contributed by atoms with Gasteiger partial charge in [0.1, 0.15) is 11.4 Å². The Morgan fingerprint density at radius 1 is 1.20 bits per heavy atom. The van der Waals surface area contributed by atoms with Crippen molar-refractivity contribution in [3.8, 4) is 5.75 Å². The highest BCUT2D eigenvalue weighted by atomic mass is 16.6. The zero-order valence-electron chi connectivity index (χ0n) is 11.9. The lowest BCUT2D eigenvalue weighted by Gasteiger charge is -2.16. The molecule has 0 bridgehead atoms. The second-order valence-corrected chi connectivity index (χ2v) is 5.09. The predicted octanol–water partition coefficient (Wildman–Crippen LogP) is 2.29. The Morgan fingerprint density at radius 2 is 1.70 bits per heavy atom. The van der Waals surface area contributed by atoms with E-state index in [0.29, 0.717) is 6.42 Å². The van der Waals surface area contributed by atoms with Gasteiger partial charge in [-0.3, -0.25) is 4.79 Å². The van der Waals surface area contributed by atoms with Crippen molar-refractivity contribution < 1.29 is 24.5 Å². The summed E-state index contributed by atoms with van der Waals surface area (Å²) in [6, 6.07) is 6.55. The van der Waals surface area contributed by atoms with E-state index in [1.54, 1.807) is 45.0 Å². The molecule has 0 atom stereocenters. The van der Waals surface area contributed by atoms with E-state index in [2.05, 4.69) is 4.74 Å². The van der Waals surface area contributed by atoms with Crippen LogP contribution in [-0.4, -0.2) is 27.9 Å². The summed E-state index contributed by atoms with van der Waals surface area (Å²) < 4.78 is 4.58. The second kappa shape index (κ2) is 8.04. The standard InChI is InChI=1S/C9H10O3.C5H11NO2/c10-8-4-1-7(2-5-8)3-6-9(11)12;1-5(2,3)8-4(6)7/h1-2,4-5,10H,3,6H2,(H,11,12);1-3H3,(H2,6,7). The van der Waals surface area contributed by atoms with Crippen LogP contribution in [0.4, 0.5) is 4.79 Å². The molecular weight excluding hydrogens is 262 g/mol. The molecule has 0 aliphatic heterocycles. The minimum Gasteiger partial charge on any atom is -0.508 e. The van der Waals surface area contributed by atoms with E-state index in [4.69, 9.17) is 15.9 Å². The van der Waals surface area contributed by atoms with Gasteiger partial charge >= 0.3 is 12.1 Å². The maximum absolute atomic E-state index is 10.2. The molecule has 0 aliphatic carbocycles. The largest absolute Gasteiger partial charge is 0.508 e. The van der Waals surface area contributed by atoms with Crippen LogP contribution >= 0.6 is 0 Å². The van der Waals surface area contributed by atoms with Crippen molar-refractivity contribution in [1.82, 2.24) is 0 Å². The molecule has 0 radical (unpaired) electrons. The molecule has 0 saturated heterocycles. The van der Waals surface area contributed by atoms with Gasteiger partial charge in [-0.15, -0.1) is 0 Å². The van der Waals surface area contributed by atoms with Gasteiger partial charge in [-0.1, -0.05) is 12.1 Å². The lowest BCUT2D eigenvalue weighted by Crippen LogP contribution is -2.27. The molecule has 0 heterocycles. The van der Waals surface area contributed by atoms with Gasteiger partial charge in [0.25, 0.3) is 0 Å². The zero-order valence-corrected chi connectivity index (χ0v) is 11.9. The molecule has 0 spiro atoms. The quantitative estimate of drug-likeness (QED) is 0.788. The fourth-order valence-electron chi connectivity index (χ4n) is 1.22. The number of phenols is 1.